The first-order valence-electron chi connectivity index (χ1n) is 8.30. The number of nitrogens with zero attached hydrogens (tertiary/aromatic N) is 1. The Morgan fingerprint density at radius 1 is 1.12 bits per heavy atom. The molecule has 0 fully saturated rings. The Bertz CT molecular complexity index is 752. The summed E-state index contributed by atoms with van der Waals surface area (Å²) in [6.45, 7) is 4.01. The molecule has 0 aliphatic carbocycles. The van der Waals surface area contributed by atoms with Gasteiger partial charge < -0.3 is 10.2 Å². The van der Waals surface area contributed by atoms with Crippen molar-refractivity contribution in [2.24, 2.45) is 0 Å². The van der Waals surface area contributed by atoms with Gasteiger partial charge in [0.25, 0.3) is 0 Å². The first-order chi connectivity index (χ1) is 11.5. The van der Waals surface area contributed by atoms with Crippen molar-refractivity contribution in [1.82, 2.24) is 0 Å². The van der Waals surface area contributed by atoms with Crippen LogP contribution < -0.4 is 10.2 Å². The van der Waals surface area contributed by atoms with Gasteiger partial charge >= 0.3 is 0 Å². The van der Waals surface area contributed by atoms with Gasteiger partial charge in [0, 0.05) is 23.0 Å². The van der Waals surface area contributed by atoms with Crippen LogP contribution >= 0.6 is 0 Å². The molecule has 0 radical (unpaired) electrons. The first kappa shape index (κ1) is 16.2. The highest BCUT2D eigenvalue weighted by Crippen LogP contribution is 2.30. The average molecular weight is 322 g/mol. The molecule has 0 saturated heterocycles. The summed E-state index contributed by atoms with van der Waals surface area (Å²) in [5, 5.41) is 2.91. The lowest BCUT2D eigenvalue weighted by molar-refractivity contribution is -0.115. The predicted molar refractivity (Wildman–Crippen MR) is 96.6 cm³/mol. The van der Waals surface area contributed by atoms with E-state index in [9.17, 15) is 9.59 Å². The van der Waals surface area contributed by atoms with Gasteiger partial charge in [0.2, 0.25) is 5.91 Å². The van der Waals surface area contributed by atoms with Crippen LogP contribution in [-0.2, 0) is 11.2 Å². The number of aryl methyl sites for hydroxylation is 1. The van der Waals surface area contributed by atoms with Gasteiger partial charge in [0.15, 0.2) is 5.78 Å². The molecule has 0 bridgehead atoms. The van der Waals surface area contributed by atoms with Gasteiger partial charge in [-0.2, -0.15) is 0 Å². The fourth-order valence-corrected chi connectivity index (χ4v) is 3.14. The van der Waals surface area contributed by atoms with Crippen molar-refractivity contribution < 1.29 is 9.59 Å². The number of amides is 1. The number of para-hydroxylation sites is 1. The lowest BCUT2D eigenvalue weighted by Gasteiger charge is -2.36. The maximum atomic E-state index is 12.4. The number of hydrogen-bond donors (Lipinski definition) is 1. The zero-order chi connectivity index (χ0) is 17.1. The third-order valence-corrected chi connectivity index (χ3v) is 4.55. The predicted octanol–water partition coefficient (Wildman–Crippen LogP) is 3.67. The molecule has 1 aliphatic heterocycles. The van der Waals surface area contributed by atoms with E-state index in [1.54, 1.807) is 24.3 Å². The SMILES string of the molecule is CC(=O)c1ccc(NC(=O)CN2c3ccccc3CC[C@H]2C)cc1. The topological polar surface area (TPSA) is 49.4 Å². The molecule has 0 aromatic heterocycles. The molecule has 0 spiro atoms. The van der Waals surface area contributed by atoms with E-state index in [1.807, 2.05) is 12.1 Å². The van der Waals surface area contributed by atoms with Crippen LogP contribution in [0.4, 0.5) is 11.4 Å². The van der Waals surface area contributed by atoms with Crippen LogP contribution in [0.15, 0.2) is 48.5 Å². The van der Waals surface area contributed by atoms with Crippen LogP contribution in [0.1, 0.15) is 36.2 Å². The quantitative estimate of drug-likeness (QED) is 0.874. The van der Waals surface area contributed by atoms with Crippen molar-refractivity contribution in [3.63, 3.8) is 0 Å². The minimum Gasteiger partial charge on any atom is -0.359 e. The molecular weight excluding hydrogens is 300 g/mol. The highest BCUT2D eigenvalue weighted by molar-refractivity contribution is 5.96. The molecule has 2 aromatic rings. The lowest BCUT2D eigenvalue weighted by Crippen LogP contribution is -2.42. The maximum absolute atomic E-state index is 12.4. The summed E-state index contributed by atoms with van der Waals surface area (Å²) in [4.78, 5) is 25.9. The maximum Gasteiger partial charge on any atom is 0.243 e. The molecule has 1 heterocycles. The van der Waals surface area contributed by atoms with Gasteiger partial charge in [0.05, 0.1) is 6.54 Å². The Hall–Kier alpha value is -2.62. The van der Waals surface area contributed by atoms with Crippen LogP contribution in [0, 0.1) is 0 Å². The highest BCUT2D eigenvalue weighted by atomic mass is 16.2. The Labute approximate surface area is 142 Å². The number of carbonyl (C=O) groups excluding carboxylic acids is 2. The summed E-state index contributed by atoms with van der Waals surface area (Å²) < 4.78 is 0. The number of rotatable bonds is 4. The van der Waals surface area contributed by atoms with E-state index >= 15 is 0 Å². The number of ketones is 1. The third kappa shape index (κ3) is 3.48. The fourth-order valence-electron chi connectivity index (χ4n) is 3.14. The second kappa shape index (κ2) is 6.87. The van der Waals surface area contributed by atoms with Gasteiger partial charge in [-0.1, -0.05) is 18.2 Å². The molecule has 1 amide bonds. The number of nitrogens with one attached hydrogen (secondary N) is 1. The van der Waals surface area contributed by atoms with Gasteiger partial charge in [-0.15, -0.1) is 0 Å². The number of benzene rings is 2. The average Bonchev–Trinajstić information content (AvgIpc) is 2.58. The van der Waals surface area contributed by atoms with Crippen molar-refractivity contribution in [3.8, 4) is 0 Å². The summed E-state index contributed by atoms with van der Waals surface area (Å²) in [5.74, 6) is -0.0271. The van der Waals surface area contributed by atoms with E-state index < -0.39 is 0 Å². The highest BCUT2D eigenvalue weighted by Gasteiger charge is 2.24. The molecule has 3 rings (SSSR count). The number of carbonyl (C=O) groups is 2. The van der Waals surface area contributed by atoms with E-state index in [1.165, 1.54) is 12.5 Å². The monoisotopic (exact) mass is 322 g/mol. The van der Waals surface area contributed by atoms with E-state index in [-0.39, 0.29) is 11.7 Å². The fraction of sp³-hybridized carbons (Fsp3) is 0.300. The summed E-state index contributed by atoms with van der Waals surface area (Å²) in [7, 11) is 0. The van der Waals surface area contributed by atoms with Crippen LogP contribution in [0.5, 0.6) is 0 Å². The Morgan fingerprint density at radius 3 is 2.54 bits per heavy atom. The van der Waals surface area contributed by atoms with Gasteiger partial charge in [-0.05, 0) is 62.6 Å². The summed E-state index contributed by atoms with van der Waals surface area (Å²) >= 11 is 0. The minimum absolute atomic E-state index is 0.0200. The van der Waals surface area contributed by atoms with Gasteiger partial charge in [-0.25, -0.2) is 0 Å². The normalized spacial score (nSPS) is 16.4. The first-order valence-corrected chi connectivity index (χ1v) is 8.30. The van der Waals surface area contributed by atoms with Crippen molar-refractivity contribution in [2.75, 3.05) is 16.8 Å². The molecule has 4 heteroatoms. The standard InChI is InChI=1S/C20H22N2O2/c1-14-7-8-17-5-3-4-6-19(17)22(14)13-20(24)21-18-11-9-16(10-12-18)15(2)23/h3-6,9-12,14H,7-8,13H2,1-2H3,(H,21,24)/t14-/m1/s1. The van der Waals surface area contributed by atoms with Gasteiger partial charge in [0.1, 0.15) is 0 Å². The molecule has 1 aliphatic rings. The molecule has 2 aromatic carbocycles. The van der Waals surface area contributed by atoms with Crippen molar-refractivity contribution in [3.05, 3.63) is 59.7 Å². The molecule has 24 heavy (non-hydrogen) atoms. The number of Topliss-reactive ketones (excluding diaryl/α,β-unsaturated/α-hetero) is 1. The smallest absolute Gasteiger partial charge is 0.243 e. The molecule has 124 valence electrons. The van der Waals surface area contributed by atoms with Crippen LogP contribution in [0.3, 0.4) is 0 Å². The Morgan fingerprint density at radius 2 is 1.83 bits per heavy atom. The Kier molecular flexibility index (Phi) is 4.65. The zero-order valence-corrected chi connectivity index (χ0v) is 14.1. The number of hydrogen-bond acceptors (Lipinski definition) is 3. The van der Waals surface area contributed by atoms with Crippen molar-refractivity contribution in [1.29, 1.82) is 0 Å². The van der Waals surface area contributed by atoms with E-state index in [2.05, 4.69) is 29.3 Å². The van der Waals surface area contributed by atoms with Crippen molar-refractivity contribution in [2.45, 2.75) is 32.7 Å². The van der Waals surface area contributed by atoms with Crippen LogP contribution in [0.25, 0.3) is 0 Å². The third-order valence-electron chi connectivity index (χ3n) is 4.55. The molecule has 4 nitrogen and oxygen atoms in total. The number of anilines is 2. The second-order valence-corrected chi connectivity index (χ2v) is 6.33. The summed E-state index contributed by atoms with van der Waals surface area (Å²) in [5.41, 5.74) is 3.81. The van der Waals surface area contributed by atoms with Crippen LogP contribution in [0.2, 0.25) is 0 Å². The molecule has 1 N–H and O–H groups in total. The second-order valence-electron chi connectivity index (χ2n) is 6.33. The number of fused-ring (bicyclic) bond motifs is 1. The molecule has 1 atom stereocenters. The minimum atomic E-state index is -0.0471. The zero-order valence-electron chi connectivity index (χ0n) is 14.1. The van der Waals surface area contributed by atoms with E-state index in [4.69, 9.17) is 0 Å². The van der Waals surface area contributed by atoms with Crippen molar-refractivity contribution >= 4 is 23.1 Å². The summed E-state index contributed by atoms with van der Waals surface area (Å²) in [6, 6.07) is 15.6. The molecular formula is C20H22N2O2. The Balaban J connectivity index is 1.69. The molecule has 0 unspecified atom stereocenters. The largest absolute Gasteiger partial charge is 0.359 e. The molecule has 0 saturated carbocycles. The van der Waals surface area contributed by atoms with E-state index in [0.717, 1.165) is 18.5 Å². The van der Waals surface area contributed by atoms with E-state index in [0.29, 0.717) is 23.8 Å². The van der Waals surface area contributed by atoms with Crippen LogP contribution in [-0.4, -0.2) is 24.3 Å². The lowest BCUT2D eigenvalue weighted by atomic mass is 9.96. The summed E-state index contributed by atoms with van der Waals surface area (Å²) in [6.07, 6.45) is 2.11. The van der Waals surface area contributed by atoms with Gasteiger partial charge in [-0.3, -0.25) is 9.59 Å².